The van der Waals surface area contributed by atoms with E-state index in [0.717, 1.165) is 36.9 Å². The van der Waals surface area contributed by atoms with E-state index in [-0.39, 0.29) is 12.1 Å². The van der Waals surface area contributed by atoms with Gasteiger partial charge in [-0.2, -0.15) is 0 Å². The van der Waals surface area contributed by atoms with Crippen LogP contribution in [-0.4, -0.2) is 34.6 Å². The monoisotopic (exact) mass is 465 g/mol. The van der Waals surface area contributed by atoms with Gasteiger partial charge in [0.25, 0.3) is 0 Å². The lowest BCUT2D eigenvalue weighted by Crippen LogP contribution is -2.51. The van der Waals surface area contributed by atoms with E-state index in [0.29, 0.717) is 19.2 Å². The summed E-state index contributed by atoms with van der Waals surface area (Å²) in [4.78, 5) is 19.5. The first-order valence-electron chi connectivity index (χ1n) is 12.3. The number of rotatable bonds is 7. The number of aromatic nitrogens is 1. The van der Waals surface area contributed by atoms with Gasteiger partial charge in [-0.1, -0.05) is 78.9 Å². The first kappa shape index (κ1) is 23.1. The molecule has 1 amide bonds. The van der Waals surface area contributed by atoms with Crippen molar-refractivity contribution < 1.29 is 9.53 Å². The molecule has 5 nitrogen and oxygen atoms in total. The van der Waals surface area contributed by atoms with Crippen LogP contribution in [0.25, 0.3) is 10.9 Å². The van der Waals surface area contributed by atoms with Crippen molar-refractivity contribution >= 4 is 17.0 Å². The number of para-hydroxylation sites is 1. The Morgan fingerprint density at radius 1 is 0.914 bits per heavy atom. The third-order valence-electron chi connectivity index (χ3n) is 6.79. The van der Waals surface area contributed by atoms with E-state index in [1.54, 1.807) is 0 Å². The summed E-state index contributed by atoms with van der Waals surface area (Å²) >= 11 is 0. The first-order valence-corrected chi connectivity index (χ1v) is 12.3. The predicted octanol–water partition coefficient (Wildman–Crippen LogP) is 5.74. The normalized spacial score (nSPS) is 17.9. The maximum Gasteiger partial charge on any atom is 0.410 e. The van der Waals surface area contributed by atoms with E-state index in [1.807, 2.05) is 59.6 Å². The third-order valence-corrected chi connectivity index (χ3v) is 6.79. The van der Waals surface area contributed by atoms with Crippen LogP contribution in [0.1, 0.15) is 29.5 Å². The molecule has 0 saturated carbocycles. The fraction of sp³-hybridized carbons (Fsp3) is 0.267. The molecule has 1 saturated heterocycles. The second-order valence-electron chi connectivity index (χ2n) is 9.17. The number of nitrogens with one attached hydrogen (secondary N) is 1. The molecule has 1 N–H and O–H groups in total. The van der Waals surface area contributed by atoms with Gasteiger partial charge in [-0.3, -0.25) is 4.98 Å². The smallest absolute Gasteiger partial charge is 0.410 e. The summed E-state index contributed by atoms with van der Waals surface area (Å²) < 4.78 is 5.71. The molecule has 3 aromatic carbocycles. The number of likely N-dealkylation sites (tertiary alicyclic amines) is 1. The molecule has 0 spiro atoms. The molecule has 5 heteroatoms. The molecule has 4 aromatic rings. The van der Waals surface area contributed by atoms with Crippen molar-refractivity contribution in [2.75, 3.05) is 6.54 Å². The Morgan fingerprint density at radius 3 is 2.43 bits per heavy atom. The second-order valence-corrected chi connectivity index (χ2v) is 9.17. The number of hydrogen-bond donors (Lipinski definition) is 1. The van der Waals surface area contributed by atoms with Gasteiger partial charge in [0.2, 0.25) is 0 Å². The largest absolute Gasteiger partial charge is 0.445 e. The topological polar surface area (TPSA) is 54.5 Å². The Bertz CT molecular complexity index is 1240. The molecule has 178 valence electrons. The summed E-state index contributed by atoms with van der Waals surface area (Å²) in [5.41, 5.74) is 4.50. The van der Waals surface area contributed by atoms with Crippen LogP contribution < -0.4 is 5.32 Å². The lowest BCUT2D eigenvalue weighted by Gasteiger charge is -2.39. The molecule has 1 aliphatic rings. The number of carbonyl (C=O) groups excluding carboxylic acids is 1. The molecule has 1 aliphatic heterocycles. The zero-order chi connectivity index (χ0) is 23.9. The molecular formula is C30H31N3O2. The lowest BCUT2D eigenvalue weighted by atomic mass is 9.92. The van der Waals surface area contributed by atoms with Gasteiger partial charge in [-0.15, -0.1) is 0 Å². The van der Waals surface area contributed by atoms with E-state index in [9.17, 15) is 4.79 Å². The summed E-state index contributed by atoms with van der Waals surface area (Å²) in [6.07, 6.45) is 4.25. The van der Waals surface area contributed by atoms with Crippen LogP contribution in [0.5, 0.6) is 0 Å². The highest BCUT2D eigenvalue weighted by molar-refractivity contribution is 5.81. The SMILES string of the molecule is O=C(OCc1ccccc1)N1CC[C@H](NCc2ccnc3ccccc23)C[C@H]1Cc1ccccc1. The zero-order valence-electron chi connectivity index (χ0n) is 19.8. The average molecular weight is 466 g/mol. The van der Waals surface area contributed by atoms with E-state index in [2.05, 4.69) is 52.8 Å². The number of hydrogen-bond acceptors (Lipinski definition) is 4. The highest BCUT2D eigenvalue weighted by atomic mass is 16.6. The maximum atomic E-state index is 13.1. The Hall–Kier alpha value is -3.70. The summed E-state index contributed by atoms with van der Waals surface area (Å²) in [6, 6.07) is 31.0. The van der Waals surface area contributed by atoms with Gasteiger partial charge in [0.15, 0.2) is 0 Å². The molecule has 2 atom stereocenters. The second kappa shape index (κ2) is 11.2. The van der Waals surface area contributed by atoms with E-state index >= 15 is 0 Å². The number of piperidine rings is 1. The van der Waals surface area contributed by atoms with Gasteiger partial charge < -0.3 is 15.0 Å². The highest BCUT2D eigenvalue weighted by Gasteiger charge is 2.32. The fourth-order valence-electron chi connectivity index (χ4n) is 4.92. The van der Waals surface area contributed by atoms with Crippen molar-refractivity contribution in [2.45, 2.75) is 44.5 Å². The zero-order valence-corrected chi connectivity index (χ0v) is 19.8. The third kappa shape index (κ3) is 5.87. The van der Waals surface area contributed by atoms with Gasteiger partial charge in [-0.25, -0.2) is 4.79 Å². The maximum absolute atomic E-state index is 13.1. The van der Waals surface area contributed by atoms with E-state index in [4.69, 9.17) is 4.74 Å². The molecule has 1 aromatic heterocycles. The molecule has 2 heterocycles. The molecule has 35 heavy (non-hydrogen) atoms. The number of pyridine rings is 1. The molecular weight excluding hydrogens is 434 g/mol. The van der Waals surface area contributed by atoms with Gasteiger partial charge >= 0.3 is 6.09 Å². The van der Waals surface area contributed by atoms with E-state index in [1.165, 1.54) is 16.5 Å². The van der Waals surface area contributed by atoms with Crippen LogP contribution in [0.3, 0.4) is 0 Å². The number of nitrogens with zero attached hydrogens (tertiary/aromatic N) is 2. The lowest BCUT2D eigenvalue weighted by molar-refractivity contribution is 0.0616. The van der Waals surface area contributed by atoms with Crippen LogP contribution in [0.2, 0.25) is 0 Å². The molecule has 0 radical (unpaired) electrons. The highest BCUT2D eigenvalue weighted by Crippen LogP contribution is 2.24. The minimum atomic E-state index is -0.228. The Kier molecular flexibility index (Phi) is 7.35. The van der Waals surface area contributed by atoms with Crippen LogP contribution in [0.15, 0.2) is 97.2 Å². The molecule has 0 aliphatic carbocycles. The predicted molar refractivity (Wildman–Crippen MR) is 139 cm³/mol. The first-order chi connectivity index (χ1) is 17.3. The number of benzene rings is 3. The van der Waals surface area contributed by atoms with Crippen molar-refractivity contribution in [1.82, 2.24) is 15.2 Å². The standard InChI is InChI=1S/C30H31N3O2/c34-30(35-22-24-11-5-2-6-12-24)33-18-16-26(20-27(33)19-23-9-3-1-4-10-23)32-21-25-15-17-31-29-14-8-7-13-28(25)29/h1-15,17,26-27,32H,16,18-22H2/t26-,27+/m0/s1. The van der Waals surface area contributed by atoms with Crippen LogP contribution in [0.4, 0.5) is 4.79 Å². The molecule has 0 bridgehead atoms. The summed E-state index contributed by atoms with van der Waals surface area (Å²) in [7, 11) is 0. The number of ether oxygens (including phenoxy) is 1. The summed E-state index contributed by atoms with van der Waals surface area (Å²) in [5, 5.41) is 4.94. The fourth-order valence-corrected chi connectivity index (χ4v) is 4.92. The Labute approximate surface area is 206 Å². The van der Waals surface area contributed by atoms with Crippen molar-refractivity contribution in [1.29, 1.82) is 0 Å². The summed E-state index contributed by atoms with van der Waals surface area (Å²) in [5.74, 6) is 0. The van der Waals surface area contributed by atoms with Gasteiger partial charge in [0, 0.05) is 36.8 Å². The number of amides is 1. The Morgan fingerprint density at radius 2 is 1.63 bits per heavy atom. The van der Waals surface area contributed by atoms with Crippen LogP contribution in [-0.2, 0) is 24.3 Å². The van der Waals surface area contributed by atoms with E-state index < -0.39 is 0 Å². The number of carbonyl (C=O) groups is 1. The Balaban J connectivity index is 1.26. The van der Waals surface area contributed by atoms with Crippen LogP contribution in [0, 0.1) is 0 Å². The molecule has 1 fully saturated rings. The van der Waals surface area contributed by atoms with Crippen molar-refractivity contribution in [3.05, 3.63) is 114 Å². The van der Waals surface area contributed by atoms with Crippen molar-refractivity contribution in [2.24, 2.45) is 0 Å². The van der Waals surface area contributed by atoms with Gasteiger partial charge in [-0.05, 0) is 48.1 Å². The van der Waals surface area contributed by atoms with Gasteiger partial charge in [0.1, 0.15) is 6.61 Å². The van der Waals surface area contributed by atoms with Crippen molar-refractivity contribution in [3.63, 3.8) is 0 Å². The number of fused-ring (bicyclic) bond motifs is 1. The van der Waals surface area contributed by atoms with Crippen LogP contribution >= 0.6 is 0 Å². The molecule has 5 rings (SSSR count). The van der Waals surface area contributed by atoms with Gasteiger partial charge in [0.05, 0.1) is 5.52 Å². The average Bonchev–Trinajstić information content (AvgIpc) is 2.92. The minimum Gasteiger partial charge on any atom is -0.445 e. The summed E-state index contributed by atoms with van der Waals surface area (Å²) in [6.45, 7) is 1.76. The van der Waals surface area contributed by atoms with Crippen molar-refractivity contribution in [3.8, 4) is 0 Å². The molecule has 0 unspecified atom stereocenters. The quantitative estimate of drug-likeness (QED) is 0.378. The minimum absolute atomic E-state index is 0.0844.